The molecule has 16 nitrogen and oxygen atoms in total. The van der Waals surface area contributed by atoms with Gasteiger partial charge in [-0.25, -0.2) is 4.79 Å². The SMILES string of the molecule is CCOC(=O)C(Cc1ccc(O)c(O)c1)NC(=O)C1OC(OC[C@H](NC(C)=O)C(C)OC(CO)[C@H](C)O)C(O)C(O)C1OC. The maximum absolute atomic E-state index is 13.4. The van der Waals surface area contributed by atoms with Gasteiger partial charge in [0, 0.05) is 20.5 Å². The van der Waals surface area contributed by atoms with E-state index in [9.17, 15) is 45.0 Å². The van der Waals surface area contributed by atoms with Crippen LogP contribution in [0, 0.1) is 0 Å². The van der Waals surface area contributed by atoms with Crippen molar-refractivity contribution >= 4 is 17.8 Å². The summed E-state index contributed by atoms with van der Waals surface area (Å²) in [5, 5.41) is 65.3. The lowest BCUT2D eigenvalue weighted by Crippen LogP contribution is -2.64. The molecule has 16 heteroatoms. The third kappa shape index (κ3) is 10.2. The number of hydrogen-bond donors (Lipinski definition) is 8. The summed E-state index contributed by atoms with van der Waals surface area (Å²) in [6.45, 7) is 4.95. The maximum atomic E-state index is 13.4. The number of methoxy groups -OCH3 is 1. The Morgan fingerprint density at radius 3 is 2.30 bits per heavy atom. The summed E-state index contributed by atoms with van der Waals surface area (Å²) in [4.78, 5) is 38.0. The second-order valence-electron chi connectivity index (χ2n) is 10.4. The van der Waals surface area contributed by atoms with E-state index in [4.69, 9.17) is 23.7 Å². The number of benzene rings is 1. The minimum atomic E-state index is -1.71. The fourth-order valence-electron chi connectivity index (χ4n) is 4.50. The van der Waals surface area contributed by atoms with Gasteiger partial charge in [0.15, 0.2) is 23.9 Å². The van der Waals surface area contributed by atoms with E-state index >= 15 is 0 Å². The Morgan fingerprint density at radius 1 is 1.07 bits per heavy atom. The van der Waals surface area contributed by atoms with Crippen LogP contribution in [0.3, 0.4) is 0 Å². The molecule has 0 radical (unpaired) electrons. The van der Waals surface area contributed by atoms with Crippen LogP contribution in [0.25, 0.3) is 0 Å². The molecule has 8 N–H and O–H groups in total. The summed E-state index contributed by atoms with van der Waals surface area (Å²) in [6.07, 6.45) is -11.0. The monoisotopic (exact) mass is 632 g/mol. The zero-order chi connectivity index (χ0) is 33.1. The summed E-state index contributed by atoms with van der Waals surface area (Å²) in [5.74, 6) is -2.99. The second kappa shape index (κ2) is 17.4. The van der Waals surface area contributed by atoms with E-state index in [-0.39, 0.29) is 25.4 Å². The summed E-state index contributed by atoms with van der Waals surface area (Å²) < 4.78 is 27.3. The molecule has 0 aromatic heterocycles. The predicted octanol–water partition coefficient (Wildman–Crippen LogP) is -2.18. The third-order valence-corrected chi connectivity index (χ3v) is 6.95. The number of aliphatic hydroxyl groups is 4. The number of carbonyl (C=O) groups is 3. The molecule has 1 aliphatic heterocycles. The average Bonchev–Trinajstić information content (AvgIpc) is 2.96. The van der Waals surface area contributed by atoms with Gasteiger partial charge in [-0.3, -0.25) is 9.59 Å². The molecular weight excluding hydrogens is 588 g/mol. The van der Waals surface area contributed by atoms with Crippen molar-refractivity contribution in [3.8, 4) is 11.5 Å². The first kappa shape index (κ1) is 37.1. The number of amides is 2. The Hall–Kier alpha value is -3.09. The predicted molar refractivity (Wildman–Crippen MR) is 150 cm³/mol. The average molecular weight is 633 g/mol. The number of phenolic OH excluding ortho intramolecular Hbond substituents is 2. The minimum absolute atomic E-state index is 0.00134. The van der Waals surface area contributed by atoms with E-state index in [1.807, 2.05) is 0 Å². The highest BCUT2D eigenvalue weighted by Crippen LogP contribution is 2.27. The minimum Gasteiger partial charge on any atom is -0.504 e. The number of rotatable bonds is 16. The Kier molecular flexibility index (Phi) is 14.7. The third-order valence-electron chi connectivity index (χ3n) is 6.95. The zero-order valence-corrected chi connectivity index (χ0v) is 25.3. The van der Waals surface area contributed by atoms with Gasteiger partial charge in [-0.2, -0.15) is 0 Å². The van der Waals surface area contributed by atoms with E-state index in [1.165, 1.54) is 39.2 Å². The van der Waals surface area contributed by atoms with Crippen LogP contribution in [-0.2, 0) is 44.5 Å². The largest absolute Gasteiger partial charge is 0.504 e. The molecule has 1 fully saturated rings. The van der Waals surface area contributed by atoms with Crippen LogP contribution in [-0.4, -0.2) is 136 Å². The smallest absolute Gasteiger partial charge is 0.328 e. The van der Waals surface area contributed by atoms with Crippen LogP contribution in [0.1, 0.15) is 33.3 Å². The Balaban J connectivity index is 2.23. The second-order valence-corrected chi connectivity index (χ2v) is 10.4. The van der Waals surface area contributed by atoms with Gasteiger partial charge >= 0.3 is 5.97 Å². The molecule has 1 aliphatic rings. The zero-order valence-electron chi connectivity index (χ0n) is 25.3. The first-order valence-corrected chi connectivity index (χ1v) is 14.1. The lowest BCUT2D eigenvalue weighted by Gasteiger charge is -2.41. The molecule has 2 rings (SSSR count). The van der Waals surface area contributed by atoms with Crippen molar-refractivity contribution in [2.45, 2.75) is 95.2 Å². The van der Waals surface area contributed by atoms with Crippen molar-refractivity contribution in [1.29, 1.82) is 0 Å². The number of aliphatic hydroxyl groups excluding tert-OH is 4. The number of phenols is 2. The van der Waals surface area contributed by atoms with Crippen molar-refractivity contribution in [2.75, 3.05) is 26.9 Å². The topological polar surface area (TPSA) is 243 Å². The first-order chi connectivity index (χ1) is 20.7. The van der Waals surface area contributed by atoms with Crippen molar-refractivity contribution in [1.82, 2.24) is 10.6 Å². The Bertz CT molecular complexity index is 1090. The molecule has 0 spiro atoms. The highest BCUT2D eigenvalue weighted by molar-refractivity contribution is 5.87. The van der Waals surface area contributed by atoms with Gasteiger partial charge in [0.25, 0.3) is 5.91 Å². The summed E-state index contributed by atoms with van der Waals surface area (Å²) >= 11 is 0. The number of hydrogen-bond acceptors (Lipinski definition) is 14. The maximum Gasteiger partial charge on any atom is 0.328 e. The lowest BCUT2D eigenvalue weighted by atomic mass is 9.97. The van der Waals surface area contributed by atoms with Crippen LogP contribution < -0.4 is 10.6 Å². The fourth-order valence-corrected chi connectivity index (χ4v) is 4.50. The number of nitrogens with one attached hydrogen (secondary N) is 2. The number of aromatic hydroxyl groups is 2. The molecule has 10 atom stereocenters. The Labute approximate surface area is 254 Å². The molecular formula is C28H44N2O14. The van der Waals surface area contributed by atoms with Crippen molar-refractivity contribution in [3.63, 3.8) is 0 Å². The molecule has 1 aromatic carbocycles. The summed E-state index contributed by atoms with van der Waals surface area (Å²) in [5.41, 5.74) is 0.377. The van der Waals surface area contributed by atoms with Gasteiger partial charge in [-0.1, -0.05) is 6.07 Å². The standard InChI is InChI=1S/C28H44N2O14/c1-6-41-27(39)17(9-16-7-8-19(34)20(35)10-16)30-26(38)25-24(40-5)22(36)23(37)28(44-25)42-12-18(29-15(4)33)14(3)43-21(11-31)13(2)32/h7-8,10,13-14,17-18,21-25,28,31-32,34-37H,6,9,11-12H2,1-5H3,(H,29,33)(H,30,38)/t13-,14?,17?,18-,21?,22?,23?,24?,25?,28?/m0/s1. The van der Waals surface area contributed by atoms with Crippen molar-refractivity contribution < 1.29 is 68.7 Å². The number of esters is 1. The van der Waals surface area contributed by atoms with Crippen molar-refractivity contribution in [3.05, 3.63) is 23.8 Å². The van der Waals surface area contributed by atoms with Gasteiger partial charge in [-0.15, -0.1) is 0 Å². The van der Waals surface area contributed by atoms with Crippen molar-refractivity contribution in [2.24, 2.45) is 0 Å². The molecule has 1 heterocycles. The van der Waals surface area contributed by atoms with Crippen LogP contribution in [0.15, 0.2) is 18.2 Å². The number of ether oxygens (including phenoxy) is 5. The normalized spacial score (nSPS) is 25.2. The highest BCUT2D eigenvalue weighted by Gasteiger charge is 2.49. The molecule has 2 amide bonds. The van der Waals surface area contributed by atoms with E-state index in [2.05, 4.69) is 10.6 Å². The summed E-state index contributed by atoms with van der Waals surface area (Å²) in [7, 11) is 1.18. The quantitative estimate of drug-likeness (QED) is 0.0714. The van der Waals surface area contributed by atoms with E-state index in [0.29, 0.717) is 5.56 Å². The molecule has 0 aliphatic carbocycles. The van der Waals surface area contributed by atoms with Gasteiger partial charge in [0.1, 0.15) is 30.5 Å². The van der Waals surface area contributed by atoms with Gasteiger partial charge < -0.3 is 65.0 Å². The number of carbonyl (C=O) groups excluding carboxylic acids is 3. The van der Waals surface area contributed by atoms with Crippen LogP contribution >= 0.6 is 0 Å². The summed E-state index contributed by atoms with van der Waals surface area (Å²) in [6, 6.07) is 1.70. The van der Waals surface area contributed by atoms with Crippen LogP contribution in [0.2, 0.25) is 0 Å². The van der Waals surface area contributed by atoms with Crippen LogP contribution in [0.5, 0.6) is 11.5 Å². The molecule has 250 valence electrons. The fraction of sp³-hybridized carbons (Fsp3) is 0.679. The van der Waals surface area contributed by atoms with E-state index in [0.717, 1.165) is 0 Å². The molecule has 1 saturated heterocycles. The van der Waals surface area contributed by atoms with Gasteiger partial charge in [-0.05, 0) is 38.5 Å². The Morgan fingerprint density at radius 2 is 1.75 bits per heavy atom. The molecule has 1 aromatic rings. The van der Waals surface area contributed by atoms with Gasteiger partial charge in [0.05, 0.1) is 38.1 Å². The molecule has 0 saturated carbocycles. The molecule has 0 bridgehead atoms. The molecule has 44 heavy (non-hydrogen) atoms. The van der Waals surface area contributed by atoms with E-state index < -0.39 is 91.2 Å². The highest BCUT2D eigenvalue weighted by atomic mass is 16.7. The molecule has 8 unspecified atom stereocenters. The van der Waals surface area contributed by atoms with Gasteiger partial charge in [0.2, 0.25) is 5.91 Å². The van der Waals surface area contributed by atoms with E-state index in [1.54, 1.807) is 13.8 Å². The lowest BCUT2D eigenvalue weighted by molar-refractivity contribution is -0.296. The first-order valence-electron chi connectivity index (χ1n) is 14.1. The van der Waals surface area contributed by atoms with Crippen LogP contribution in [0.4, 0.5) is 0 Å².